The number of aromatic nitrogens is 2. The summed E-state index contributed by atoms with van der Waals surface area (Å²) in [5.74, 6) is -0.0231. The third-order valence-corrected chi connectivity index (χ3v) is 3.94. The van der Waals surface area contributed by atoms with Crippen LogP contribution in [0.2, 0.25) is 0 Å². The highest BCUT2D eigenvalue weighted by Crippen LogP contribution is 2.24. The van der Waals surface area contributed by atoms with Crippen molar-refractivity contribution >= 4 is 21.8 Å². The molecule has 0 fully saturated rings. The number of nitrogens with zero attached hydrogens (tertiary/aromatic N) is 2. The minimum Gasteiger partial charge on any atom is -0.486 e. The summed E-state index contributed by atoms with van der Waals surface area (Å²) in [5, 5.41) is 4.40. The summed E-state index contributed by atoms with van der Waals surface area (Å²) >= 11 is 3.53. The fourth-order valence-corrected chi connectivity index (χ4v) is 2.65. The van der Waals surface area contributed by atoms with Gasteiger partial charge in [-0.1, -0.05) is 19.1 Å². The zero-order chi connectivity index (χ0) is 14.7. The predicted molar refractivity (Wildman–Crippen MR) is 79.6 cm³/mol. The van der Waals surface area contributed by atoms with Crippen molar-refractivity contribution < 1.29 is 9.53 Å². The zero-order valence-corrected chi connectivity index (χ0v) is 13.0. The van der Waals surface area contributed by atoms with E-state index in [1.54, 1.807) is 28.9 Å². The molecule has 106 valence electrons. The molecule has 2 N–H and O–H groups in total. The zero-order valence-electron chi connectivity index (χ0n) is 11.4. The van der Waals surface area contributed by atoms with Crippen molar-refractivity contribution in [2.45, 2.75) is 20.0 Å². The minimum atomic E-state index is -0.501. The average molecular weight is 338 g/mol. The standard InChI is InChI=1S/C14H16BrN3O2/c1-3-10-13(15)11(18(2)17-10)8-20-12-7-5-4-6-9(12)14(16)19/h4-7H,3,8H2,1-2H3,(H2,16,19). The van der Waals surface area contributed by atoms with Gasteiger partial charge in [-0.2, -0.15) is 5.10 Å². The number of carbonyl (C=O) groups excluding carboxylic acids is 1. The van der Waals surface area contributed by atoms with Crippen molar-refractivity contribution in [3.63, 3.8) is 0 Å². The SMILES string of the molecule is CCc1nn(C)c(COc2ccccc2C(N)=O)c1Br. The summed E-state index contributed by atoms with van der Waals surface area (Å²) < 4.78 is 8.43. The Morgan fingerprint density at radius 1 is 1.45 bits per heavy atom. The summed E-state index contributed by atoms with van der Waals surface area (Å²) in [6.07, 6.45) is 0.840. The number of amides is 1. The van der Waals surface area contributed by atoms with Gasteiger partial charge in [0.2, 0.25) is 0 Å². The van der Waals surface area contributed by atoms with E-state index in [-0.39, 0.29) is 0 Å². The Hall–Kier alpha value is -1.82. The molecule has 0 spiro atoms. The van der Waals surface area contributed by atoms with Crippen molar-refractivity contribution in [1.29, 1.82) is 0 Å². The van der Waals surface area contributed by atoms with Gasteiger partial charge >= 0.3 is 0 Å². The number of nitrogens with two attached hydrogens (primary N) is 1. The van der Waals surface area contributed by atoms with Crippen LogP contribution in [0, 0.1) is 0 Å². The molecule has 1 aromatic carbocycles. The first kappa shape index (κ1) is 14.6. The maximum Gasteiger partial charge on any atom is 0.252 e. The van der Waals surface area contributed by atoms with Gasteiger partial charge in [0, 0.05) is 7.05 Å². The number of rotatable bonds is 5. The van der Waals surface area contributed by atoms with E-state index in [1.807, 2.05) is 14.0 Å². The van der Waals surface area contributed by atoms with E-state index in [2.05, 4.69) is 21.0 Å². The first-order valence-corrected chi connectivity index (χ1v) is 7.05. The van der Waals surface area contributed by atoms with Crippen molar-refractivity contribution in [2.24, 2.45) is 12.8 Å². The molecule has 20 heavy (non-hydrogen) atoms. The van der Waals surface area contributed by atoms with Crippen molar-refractivity contribution in [2.75, 3.05) is 0 Å². The Labute approximate surface area is 125 Å². The lowest BCUT2D eigenvalue weighted by Gasteiger charge is -2.10. The maximum absolute atomic E-state index is 11.3. The second kappa shape index (κ2) is 6.09. The molecule has 0 aliphatic heterocycles. The highest BCUT2D eigenvalue weighted by Gasteiger charge is 2.14. The van der Waals surface area contributed by atoms with Crippen LogP contribution in [-0.2, 0) is 20.1 Å². The van der Waals surface area contributed by atoms with Gasteiger partial charge in [-0.25, -0.2) is 0 Å². The van der Waals surface area contributed by atoms with Crippen molar-refractivity contribution in [3.05, 3.63) is 45.7 Å². The molecule has 1 aromatic heterocycles. The third kappa shape index (κ3) is 2.85. The number of aryl methyl sites for hydroxylation is 2. The van der Waals surface area contributed by atoms with Crippen molar-refractivity contribution in [1.82, 2.24) is 9.78 Å². The number of primary amides is 1. The monoisotopic (exact) mass is 337 g/mol. The number of hydrogen-bond acceptors (Lipinski definition) is 3. The van der Waals surface area contributed by atoms with Crippen LogP contribution in [0.4, 0.5) is 0 Å². The highest BCUT2D eigenvalue weighted by molar-refractivity contribution is 9.10. The minimum absolute atomic E-state index is 0.314. The molecule has 1 heterocycles. The number of para-hydroxylation sites is 1. The summed E-state index contributed by atoms with van der Waals surface area (Å²) in [7, 11) is 1.86. The van der Waals surface area contributed by atoms with Crippen molar-refractivity contribution in [3.8, 4) is 5.75 Å². The van der Waals surface area contributed by atoms with Gasteiger partial charge in [0.25, 0.3) is 5.91 Å². The Balaban J connectivity index is 2.21. The van der Waals surface area contributed by atoms with Gasteiger partial charge in [-0.15, -0.1) is 0 Å². The van der Waals surface area contributed by atoms with Crippen LogP contribution in [0.5, 0.6) is 5.75 Å². The Kier molecular flexibility index (Phi) is 4.44. The molecule has 1 amide bonds. The number of ether oxygens (including phenoxy) is 1. The molecule has 5 nitrogen and oxygen atoms in total. The first-order valence-electron chi connectivity index (χ1n) is 6.26. The molecule has 0 atom stereocenters. The van der Waals surface area contributed by atoms with Gasteiger partial charge in [0.05, 0.1) is 21.4 Å². The Bertz CT molecular complexity index is 637. The molecule has 6 heteroatoms. The van der Waals surface area contributed by atoms with Crippen LogP contribution in [0.3, 0.4) is 0 Å². The van der Waals surface area contributed by atoms with Crippen LogP contribution < -0.4 is 10.5 Å². The molecule has 0 saturated heterocycles. The van der Waals surface area contributed by atoms with Crippen LogP contribution in [0.15, 0.2) is 28.7 Å². The summed E-state index contributed by atoms with van der Waals surface area (Å²) in [4.78, 5) is 11.3. The topological polar surface area (TPSA) is 70.1 Å². The van der Waals surface area contributed by atoms with Gasteiger partial charge in [0.15, 0.2) is 0 Å². The Morgan fingerprint density at radius 3 is 2.75 bits per heavy atom. The van der Waals surface area contributed by atoms with Gasteiger partial charge in [-0.3, -0.25) is 9.48 Å². The van der Waals surface area contributed by atoms with E-state index >= 15 is 0 Å². The highest BCUT2D eigenvalue weighted by atomic mass is 79.9. The van der Waals surface area contributed by atoms with Gasteiger partial charge in [0.1, 0.15) is 12.4 Å². The van der Waals surface area contributed by atoms with E-state index in [4.69, 9.17) is 10.5 Å². The van der Waals surface area contributed by atoms with Crippen LogP contribution in [0.25, 0.3) is 0 Å². The van der Waals surface area contributed by atoms with E-state index in [0.717, 1.165) is 22.3 Å². The molecule has 2 rings (SSSR count). The summed E-state index contributed by atoms with van der Waals surface area (Å²) in [6.45, 7) is 2.36. The van der Waals surface area contributed by atoms with Gasteiger partial charge < -0.3 is 10.5 Å². The maximum atomic E-state index is 11.3. The second-order valence-electron chi connectivity index (χ2n) is 4.33. The predicted octanol–water partition coefficient (Wildman–Crippen LogP) is 2.42. The second-order valence-corrected chi connectivity index (χ2v) is 5.13. The normalized spacial score (nSPS) is 10.6. The average Bonchev–Trinajstić information content (AvgIpc) is 2.71. The molecule has 0 saturated carbocycles. The Morgan fingerprint density at radius 2 is 2.15 bits per heavy atom. The fourth-order valence-electron chi connectivity index (χ4n) is 1.92. The molecule has 0 unspecified atom stereocenters. The van der Waals surface area contributed by atoms with E-state index in [0.29, 0.717) is 17.9 Å². The molecule has 0 aliphatic rings. The van der Waals surface area contributed by atoms with E-state index in [1.165, 1.54) is 0 Å². The van der Waals surface area contributed by atoms with E-state index < -0.39 is 5.91 Å². The summed E-state index contributed by atoms with van der Waals surface area (Å²) in [5.41, 5.74) is 7.60. The van der Waals surface area contributed by atoms with Gasteiger partial charge in [-0.05, 0) is 34.5 Å². The quantitative estimate of drug-likeness (QED) is 0.910. The van der Waals surface area contributed by atoms with E-state index in [9.17, 15) is 4.79 Å². The number of benzene rings is 1. The first-order chi connectivity index (χ1) is 9.54. The molecule has 2 aromatic rings. The lowest BCUT2D eigenvalue weighted by Crippen LogP contribution is -2.13. The van der Waals surface area contributed by atoms with Crippen LogP contribution in [-0.4, -0.2) is 15.7 Å². The number of carbonyl (C=O) groups is 1. The third-order valence-electron chi connectivity index (χ3n) is 3.02. The molecule has 0 bridgehead atoms. The lowest BCUT2D eigenvalue weighted by molar-refractivity contribution is 0.0996. The molecule has 0 radical (unpaired) electrons. The van der Waals surface area contributed by atoms with Crippen LogP contribution in [0.1, 0.15) is 28.7 Å². The van der Waals surface area contributed by atoms with Crippen LogP contribution >= 0.6 is 15.9 Å². The molecular weight excluding hydrogens is 322 g/mol. The molecule has 0 aliphatic carbocycles. The number of halogens is 1. The molecular formula is C14H16BrN3O2. The lowest BCUT2D eigenvalue weighted by atomic mass is 10.2. The largest absolute Gasteiger partial charge is 0.486 e. The number of hydrogen-bond donors (Lipinski definition) is 1. The fraction of sp³-hybridized carbons (Fsp3) is 0.286. The smallest absolute Gasteiger partial charge is 0.252 e. The summed E-state index contributed by atoms with van der Waals surface area (Å²) in [6, 6.07) is 6.93.